The molecule has 0 aliphatic carbocycles. The minimum absolute atomic E-state index is 0.387. The van der Waals surface area contributed by atoms with E-state index in [9.17, 15) is 0 Å². The molecule has 1 aromatic carbocycles. The van der Waals surface area contributed by atoms with E-state index in [0.29, 0.717) is 6.54 Å². The molecule has 1 unspecified atom stereocenters. The molecule has 3 nitrogen and oxygen atoms in total. The zero-order valence-electron chi connectivity index (χ0n) is 13.0. The first kappa shape index (κ1) is 15.9. The second-order valence-electron chi connectivity index (χ2n) is 5.48. The Morgan fingerprint density at radius 3 is 3.10 bits per heavy atom. The lowest BCUT2D eigenvalue weighted by molar-refractivity contribution is 0.120. The van der Waals surface area contributed by atoms with Gasteiger partial charge in [-0.3, -0.25) is 4.90 Å². The fourth-order valence-electron chi connectivity index (χ4n) is 2.91. The van der Waals surface area contributed by atoms with Gasteiger partial charge in [-0.15, -0.1) is 0 Å². The van der Waals surface area contributed by atoms with E-state index in [1.165, 1.54) is 32.2 Å². The van der Waals surface area contributed by atoms with E-state index in [1.54, 1.807) is 0 Å². The molecule has 0 bridgehead atoms. The van der Waals surface area contributed by atoms with Crippen molar-refractivity contribution < 1.29 is 4.74 Å². The number of ether oxygens (including phenoxy) is 1. The fourth-order valence-corrected chi connectivity index (χ4v) is 2.91. The Morgan fingerprint density at radius 1 is 1.38 bits per heavy atom. The lowest BCUT2D eigenvalue weighted by atomic mass is 10.0. The highest BCUT2D eigenvalue weighted by molar-refractivity contribution is 5.39. The van der Waals surface area contributed by atoms with Crippen molar-refractivity contribution in [3.05, 3.63) is 29.8 Å². The zero-order chi connectivity index (χ0) is 14.9. The summed E-state index contributed by atoms with van der Waals surface area (Å²) in [6.45, 7) is 5.63. The average molecular weight is 286 g/mol. The van der Waals surface area contributed by atoms with Crippen LogP contribution in [0.2, 0.25) is 0 Å². The van der Waals surface area contributed by atoms with Crippen molar-refractivity contribution in [2.75, 3.05) is 26.2 Å². The van der Waals surface area contributed by atoms with Crippen LogP contribution in [0.15, 0.2) is 24.3 Å². The predicted molar refractivity (Wildman–Crippen MR) is 87.4 cm³/mol. The minimum atomic E-state index is 0.387. The minimum Gasteiger partial charge on any atom is -0.492 e. The van der Waals surface area contributed by atoms with Crippen LogP contribution in [0.4, 0.5) is 0 Å². The number of hydrogen-bond acceptors (Lipinski definition) is 3. The van der Waals surface area contributed by atoms with Gasteiger partial charge >= 0.3 is 0 Å². The molecule has 1 fully saturated rings. The fraction of sp³-hybridized carbons (Fsp3) is 0.556. The van der Waals surface area contributed by atoms with E-state index in [1.807, 2.05) is 24.3 Å². The largest absolute Gasteiger partial charge is 0.492 e. The number of nitrogens with zero attached hydrogens (tertiary/aromatic N) is 1. The van der Waals surface area contributed by atoms with Crippen LogP contribution in [0.5, 0.6) is 5.75 Å². The van der Waals surface area contributed by atoms with Crippen LogP contribution in [0.25, 0.3) is 0 Å². The third kappa shape index (κ3) is 5.08. The summed E-state index contributed by atoms with van der Waals surface area (Å²) in [5.41, 5.74) is 6.35. The van der Waals surface area contributed by atoms with Gasteiger partial charge in [0.1, 0.15) is 12.4 Å². The van der Waals surface area contributed by atoms with Crippen LogP contribution in [-0.2, 0) is 0 Å². The number of piperidine rings is 1. The smallest absolute Gasteiger partial charge is 0.120 e. The van der Waals surface area contributed by atoms with Crippen molar-refractivity contribution in [1.82, 2.24) is 4.90 Å². The van der Waals surface area contributed by atoms with Gasteiger partial charge in [0.25, 0.3) is 0 Å². The van der Waals surface area contributed by atoms with E-state index >= 15 is 0 Å². The Morgan fingerprint density at radius 2 is 2.29 bits per heavy atom. The van der Waals surface area contributed by atoms with Crippen molar-refractivity contribution in [2.45, 2.75) is 38.6 Å². The maximum Gasteiger partial charge on any atom is 0.120 e. The molecule has 1 saturated heterocycles. The molecule has 1 aromatic rings. The zero-order valence-corrected chi connectivity index (χ0v) is 13.0. The summed E-state index contributed by atoms with van der Waals surface area (Å²) in [5, 5.41) is 0. The molecule has 1 heterocycles. The van der Waals surface area contributed by atoms with Gasteiger partial charge in [-0.05, 0) is 44.0 Å². The van der Waals surface area contributed by atoms with Crippen LogP contribution >= 0.6 is 0 Å². The molecular weight excluding hydrogens is 260 g/mol. The van der Waals surface area contributed by atoms with Crippen molar-refractivity contribution in [3.63, 3.8) is 0 Å². The quantitative estimate of drug-likeness (QED) is 0.846. The molecule has 21 heavy (non-hydrogen) atoms. The molecule has 0 saturated carbocycles. The van der Waals surface area contributed by atoms with Crippen LogP contribution in [0.1, 0.15) is 38.2 Å². The van der Waals surface area contributed by atoms with Crippen LogP contribution in [0.3, 0.4) is 0 Å². The van der Waals surface area contributed by atoms with E-state index in [-0.39, 0.29) is 0 Å². The van der Waals surface area contributed by atoms with Crippen LogP contribution in [-0.4, -0.2) is 37.2 Å². The first-order chi connectivity index (χ1) is 10.3. The van der Waals surface area contributed by atoms with Gasteiger partial charge in [0.2, 0.25) is 0 Å². The molecule has 0 aromatic heterocycles. The molecule has 0 spiro atoms. The molecule has 114 valence electrons. The molecule has 2 N–H and O–H groups in total. The topological polar surface area (TPSA) is 38.5 Å². The Hall–Kier alpha value is -1.50. The van der Waals surface area contributed by atoms with Crippen LogP contribution in [0, 0.1) is 11.8 Å². The van der Waals surface area contributed by atoms with Crippen molar-refractivity contribution >= 4 is 0 Å². The molecule has 3 heteroatoms. The Labute approximate surface area is 128 Å². The van der Waals surface area contributed by atoms with Crippen molar-refractivity contribution in [3.8, 4) is 17.6 Å². The highest BCUT2D eigenvalue weighted by Crippen LogP contribution is 2.19. The summed E-state index contributed by atoms with van der Waals surface area (Å²) >= 11 is 0. The molecule has 0 amide bonds. The Balaban J connectivity index is 1.82. The molecule has 1 atom stereocenters. The second-order valence-corrected chi connectivity index (χ2v) is 5.48. The molecule has 1 aliphatic heterocycles. The highest BCUT2D eigenvalue weighted by Gasteiger charge is 2.20. The Kier molecular flexibility index (Phi) is 6.59. The second kappa shape index (κ2) is 8.71. The van der Waals surface area contributed by atoms with Gasteiger partial charge < -0.3 is 10.5 Å². The molecular formula is C18H26N2O. The number of likely N-dealkylation sites (tertiary alicyclic amines) is 1. The standard InChI is InChI=1S/C18H26N2O/c1-2-17-9-3-4-12-20(17)13-14-21-18-10-5-7-16(15-18)8-6-11-19/h5,7,10,15,17H,2-4,9,11-14,19H2,1H3. The van der Waals surface area contributed by atoms with E-state index in [0.717, 1.165) is 30.5 Å². The van der Waals surface area contributed by atoms with Gasteiger partial charge in [-0.2, -0.15) is 0 Å². The maximum atomic E-state index is 5.88. The molecule has 1 aliphatic rings. The van der Waals surface area contributed by atoms with E-state index in [4.69, 9.17) is 10.5 Å². The number of benzene rings is 1. The maximum absolute atomic E-state index is 5.88. The van der Waals surface area contributed by atoms with Crippen LogP contribution < -0.4 is 10.5 Å². The number of hydrogen-bond donors (Lipinski definition) is 1. The summed E-state index contributed by atoms with van der Waals surface area (Å²) in [5.74, 6) is 6.79. The summed E-state index contributed by atoms with van der Waals surface area (Å²) in [4.78, 5) is 2.57. The number of nitrogens with two attached hydrogens (primary N) is 1. The SMILES string of the molecule is CCC1CCCCN1CCOc1cccc(C#CCN)c1. The van der Waals surface area contributed by atoms with Crippen molar-refractivity contribution in [2.24, 2.45) is 5.73 Å². The van der Waals surface area contributed by atoms with Gasteiger partial charge in [0.05, 0.1) is 6.54 Å². The lowest BCUT2D eigenvalue weighted by Crippen LogP contribution is -2.41. The third-order valence-electron chi connectivity index (χ3n) is 4.04. The molecule has 0 radical (unpaired) electrons. The monoisotopic (exact) mass is 286 g/mol. The Bertz CT molecular complexity index is 489. The molecule has 2 rings (SSSR count). The average Bonchev–Trinajstić information content (AvgIpc) is 2.54. The lowest BCUT2D eigenvalue weighted by Gasteiger charge is -2.34. The first-order valence-electron chi connectivity index (χ1n) is 7.99. The van der Waals surface area contributed by atoms with Crippen molar-refractivity contribution in [1.29, 1.82) is 0 Å². The van der Waals surface area contributed by atoms with Gasteiger partial charge in [0, 0.05) is 18.2 Å². The third-order valence-corrected chi connectivity index (χ3v) is 4.04. The van der Waals surface area contributed by atoms with E-state index < -0.39 is 0 Å². The van der Waals surface area contributed by atoms with Gasteiger partial charge in [0.15, 0.2) is 0 Å². The summed E-state index contributed by atoms with van der Waals surface area (Å²) in [6.07, 6.45) is 5.27. The van der Waals surface area contributed by atoms with Gasteiger partial charge in [-0.1, -0.05) is 31.3 Å². The summed E-state index contributed by atoms with van der Waals surface area (Å²) in [6, 6.07) is 8.67. The van der Waals surface area contributed by atoms with E-state index in [2.05, 4.69) is 23.7 Å². The number of rotatable bonds is 5. The summed E-state index contributed by atoms with van der Waals surface area (Å²) in [7, 11) is 0. The normalized spacial score (nSPS) is 18.9. The van der Waals surface area contributed by atoms with Gasteiger partial charge in [-0.25, -0.2) is 0 Å². The summed E-state index contributed by atoms with van der Waals surface area (Å²) < 4.78 is 5.88. The first-order valence-corrected chi connectivity index (χ1v) is 7.99. The highest BCUT2D eigenvalue weighted by atomic mass is 16.5. The predicted octanol–water partition coefficient (Wildman–Crippen LogP) is 2.64.